The number of hydrogen-bond acceptors (Lipinski definition) is 8. The van der Waals surface area contributed by atoms with E-state index in [1.54, 1.807) is 31.4 Å². The molecular formula is C27H25N5O5S. The third-order valence-electron chi connectivity index (χ3n) is 5.27. The number of carbonyl (C=O) groups excluding carboxylic acids is 1. The number of aryl methyl sites for hydroxylation is 1. The number of hydrazone groups is 1. The average Bonchev–Trinajstić information content (AvgIpc) is 3.35. The van der Waals surface area contributed by atoms with E-state index in [9.17, 15) is 9.59 Å². The van der Waals surface area contributed by atoms with Gasteiger partial charge < -0.3 is 14.6 Å². The zero-order chi connectivity index (χ0) is 26.9. The number of amides is 1. The van der Waals surface area contributed by atoms with Crippen LogP contribution in [0, 0.1) is 6.92 Å². The van der Waals surface area contributed by atoms with Gasteiger partial charge in [-0.2, -0.15) is 5.10 Å². The number of nitrogens with zero attached hydrogens (tertiary/aromatic N) is 4. The van der Waals surface area contributed by atoms with Crippen molar-refractivity contribution in [3.8, 4) is 28.6 Å². The summed E-state index contributed by atoms with van der Waals surface area (Å²) in [5.74, 6) is 0.324. The summed E-state index contributed by atoms with van der Waals surface area (Å²) in [5.41, 5.74) is 5.85. The predicted molar refractivity (Wildman–Crippen MR) is 144 cm³/mol. The van der Waals surface area contributed by atoms with E-state index in [1.807, 2.05) is 60.0 Å². The van der Waals surface area contributed by atoms with Crippen molar-refractivity contribution in [1.29, 1.82) is 0 Å². The molecule has 0 radical (unpaired) electrons. The Bertz CT molecular complexity index is 1440. The quantitative estimate of drug-likeness (QED) is 0.169. The van der Waals surface area contributed by atoms with E-state index in [0.29, 0.717) is 22.3 Å². The van der Waals surface area contributed by atoms with Crippen LogP contribution in [0.15, 0.2) is 83.1 Å². The van der Waals surface area contributed by atoms with Gasteiger partial charge in [-0.3, -0.25) is 9.36 Å². The van der Waals surface area contributed by atoms with Gasteiger partial charge in [0.25, 0.3) is 5.91 Å². The van der Waals surface area contributed by atoms with Crippen LogP contribution in [0.4, 0.5) is 0 Å². The number of methoxy groups -OCH3 is 1. The second kappa shape index (κ2) is 12.5. The van der Waals surface area contributed by atoms with E-state index >= 15 is 0 Å². The number of benzene rings is 3. The highest BCUT2D eigenvalue weighted by molar-refractivity contribution is 7.99. The summed E-state index contributed by atoms with van der Waals surface area (Å²) >= 11 is 1.23. The Labute approximate surface area is 223 Å². The molecule has 2 N–H and O–H groups in total. The SMILES string of the molecule is COc1ccc(-c2nnc(SCC(=O)N/N=C/c3ccccc3OCC(=O)O)n2-c2ccc(C)cc2)cc1. The van der Waals surface area contributed by atoms with E-state index in [4.69, 9.17) is 14.6 Å². The van der Waals surface area contributed by atoms with E-state index in [0.717, 1.165) is 22.6 Å². The predicted octanol–water partition coefficient (Wildman–Crippen LogP) is 3.96. The molecule has 4 aromatic rings. The molecule has 10 nitrogen and oxygen atoms in total. The van der Waals surface area contributed by atoms with E-state index in [1.165, 1.54) is 18.0 Å². The molecule has 0 spiro atoms. The molecule has 0 atom stereocenters. The molecule has 194 valence electrons. The van der Waals surface area contributed by atoms with Gasteiger partial charge in [0.05, 0.1) is 19.1 Å². The number of hydrogen-bond donors (Lipinski definition) is 2. The normalized spacial score (nSPS) is 10.9. The minimum atomic E-state index is -1.09. The molecule has 0 fully saturated rings. The van der Waals surface area contributed by atoms with Crippen LogP contribution in [-0.2, 0) is 9.59 Å². The van der Waals surface area contributed by atoms with Crippen molar-refractivity contribution in [2.24, 2.45) is 5.10 Å². The summed E-state index contributed by atoms with van der Waals surface area (Å²) in [5, 5.41) is 22.1. The first-order valence-electron chi connectivity index (χ1n) is 11.5. The molecular weight excluding hydrogens is 506 g/mol. The molecule has 11 heteroatoms. The Morgan fingerprint density at radius 3 is 2.50 bits per heavy atom. The summed E-state index contributed by atoms with van der Waals surface area (Å²) in [6.07, 6.45) is 1.40. The van der Waals surface area contributed by atoms with Gasteiger partial charge in [0.2, 0.25) is 0 Å². The molecule has 0 bridgehead atoms. The van der Waals surface area contributed by atoms with Crippen LogP contribution < -0.4 is 14.9 Å². The topological polar surface area (TPSA) is 128 Å². The maximum atomic E-state index is 12.5. The fraction of sp³-hybridized carbons (Fsp3) is 0.148. The van der Waals surface area contributed by atoms with Crippen molar-refractivity contribution in [1.82, 2.24) is 20.2 Å². The minimum Gasteiger partial charge on any atom is -0.497 e. The molecule has 0 unspecified atom stereocenters. The first-order valence-corrected chi connectivity index (χ1v) is 12.5. The molecule has 1 amide bonds. The van der Waals surface area contributed by atoms with Crippen LogP contribution in [0.3, 0.4) is 0 Å². The van der Waals surface area contributed by atoms with Gasteiger partial charge >= 0.3 is 5.97 Å². The number of aliphatic carboxylic acids is 1. The Kier molecular flexibility index (Phi) is 8.73. The number of carbonyl (C=O) groups is 2. The maximum Gasteiger partial charge on any atom is 0.341 e. The average molecular weight is 532 g/mol. The third kappa shape index (κ3) is 6.77. The fourth-order valence-electron chi connectivity index (χ4n) is 3.41. The smallest absolute Gasteiger partial charge is 0.341 e. The minimum absolute atomic E-state index is 0.0428. The second-order valence-electron chi connectivity index (χ2n) is 8.01. The van der Waals surface area contributed by atoms with E-state index in [-0.39, 0.29) is 11.7 Å². The Morgan fingerprint density at radius 2 is 1.79 bits per heavy atom. The number of carboxylic acid groups (broad SMARTS) is 1. The zero-order valence-electron chi connectivity index (χ0n) is 20.7. The van der Waals surface area contributed by atoms with Crippen LogP contribution in [0.5, 0.6) is 11.5 Å². The van der Waals surface area contributed by atoms with Crippen molar-refractivity contribution >= 4 is 29.9 Å². The number of carboxylic acids is 1. The van der Waals surface area contributed by atoms with Gasteiger partial charge in [0.1, 0.15) is 11.5 Å². The van der Waals surface area contributed by atoms with Crippen molar-refractivity contribution < 1.29 is 24.2 Å². The van der Waals surface area contributed by atoms with Crippen LogP contribution >= 0.6 is 11.8 Å². The molecule has 0 aliphatic heterocycles. The Hall–Kier alpha value is -4.64. The van der Waals surface area contributed by atoms with Crippen LogP contribution in [0.1, 0.15) is 11.1 Å². The molecule has 38 heavy (non-hydrogen) atoms. The highest BCUT2D eigenvalue weighted by atomic mass is 32.2. The van der Waals surface area contributed by atoms with Crippen LogP contribution in [0.2, 0.25) is 0 Å². The number of thioether (sulfide) groups is 1. The van der Waals surface area contributed by atoms with E-state index < -0.39 is 12.6 Å². The molecule has 1 aromatic heterocycles. The molecule has 0 aliphatic rings. The van der Waals surface area contributed by atoms with Gasteiger partial charge in [-0.25, -0.2) is 10.2 Å². The third-order valence-corrected chi connectivity index (χ3v) is 6.20. The highest BCUT2D eigenvalue weighted by Crippen LogP contribution is 2.29. The number of ether oxygens (including phenoxy) is 2. The van der Waals surface area contributed by atoms with Crippen molar-refractivity contribution in [2.45, 2.75) is 12.1 Å². The van der Waals surface area contributed by atoms with Gasteiger partial charge in [0.15, 0.2) is 17.6 Å². The summed E-state index contributed by atoms with van der Waals surface area (Å²) in [6, 6.07) is 22.3. The maximum absolute atomic E-state index is 12.5. The number of rotatable bonds is 11. The van der Waals surface area contributed by atoms with Crippen LogP contribution in [-0.4, -0.2) is 57.4 Å². The number of aromatic nitrogens is 3. The lowest BCUT2D eigenvalue weighted by molar-refractivity contribution is -0.139. The molecule has 4 rings (SSSR count). The standard InChI is InChI=1S/C27H25N5O5S/c1-18-7-11-21(12-8-18)32-26(19-9-13-22(36-2)14-10-19)30-31-27(32)38-17-24(33)29-28-15-20-5-3-4-6-23(20)37-16-25(34)35/h3-15H,16-17H2,1-2H3,(H,29,33)(H,34,35)/b28-15+. The second-order valence-corrected chi connectivity index (χ2v) is 8.95. The summed E-state index contributed by atoms with van der Waals surface area (Å²) in [6.45, 7) is 1.53. The molecule has 1 heterocycles. The lowest BCUT2D eigenvalue weighted by Gasteiger charge is -2.11. The lowest BCUT2D eigenvalue weighted by Crippen LogP contribution is -2.20. The Balaban J connectivity index is 1.47. The van der Waals surface area contributed by atoms with Crippen LogP contribution in [0.25, 0.3) is 17.1 Å². The number of para-hydroxylation sites is 1. The monoisotopic (exact) mass is 531 g/mol. The summed E-state index contributed by atoms with van der Waals surface area (Å²) in [4.78, 5) is 23.3. The zero-order valence-corrected chi connectivity index (χ0v) is 21.5. The lowest BCUT2D eigenvalue weighted by atomic mass is 10.2. The molecule has 0 aliphatic carbocycles. The summed E-state index contributed by atoms with van der Waals surface area (Å²) in [7, 11) is 1.61. The van der Waals surface area contributed by atoms with E-state index in [2.05, 4.69) is 20.7 Å². The van der Waals surface area contributed by atoms with Crippen molar-refractivity contribution in [3.05, 3.63) is 83.9 Å². The van der Waals surface area contributed by atoms with Gasteiger partial charge in [0, 0.05) is 16.8 Å². The molecule has 0 saturated heterocycles. The van der Waals surface area contributed by atoms with Crippen molar-refractivity contribution in [3.63, 3.8) is 0 Å². The van der Waals surface area contributed by atoms with Crippen molar-refractivity contribution in [2.75, 3.05) is 19.5 Å². The van der Waals surface area contributed by atoms with Gasteiger partial charge in [-0.1, -0.05) is 41.6 Å². The first kappa shape index (κ1) is 26.4. The Morgan fingerprint density at radius 1 is 1.05 bits per heavy atom. The molecule has 0 saturated carbocycles. The number of nitrogens with one attached hydrogen (secondary N) is 1. The largest absolute Gasteiger partial charge is 0.497 e. The fourth-order valence-corrected chi connectivity index (χ4v) is 4.16. The van der Waals surface area contributed by atoms with Gasteiger partial charge in [-0.05, 0) is 55.5 Å². The first-order chi connectivity index (χ1) is 18.4. The highest BCUT2D eigenvalue weighted by Gasteiger charge is 2.17. The van der Waals surface area contributed by atoms with Gasteiger partial charge in [-0.15, -0.1) is 10.2 Å². The molecule has 3 aromatic carbocycles. The summed E-state index contributed by atoms with van der Waals surface area (Å²) < 4.78 is 12.4.